The number of alkyl halides is 6. The molecule has 16 heteroatoms. The van der Waals surface area contributed by atoms with Gasteiger partial charge in [0.2, 0.25) is 11.8 Å². The lowest BCUT2D eigenvalue weighted by atomic mass is 9.87. The van der Waals surface area contributed by atoms with Crippen LogP contribution in [0.3, 0.4) is 0 Å². The summed E-state index contributed by atoms with van der Waals surface area (Å²) in [6, 6.07) is 5.50. The molecule has 3 N–H and O–H groups in total. The number of aryl methyl sites for hydroxylation is 2. The van der Waals surface area contributed by atoms with Gasteiger partial charge in [-0.15, -0.1) is 0 Å². The number of rotatable bonds is 7. The Bertz CT molecular complexity index is 1500. The first-order valence-corrected chi connectivity index (χ1v) is 15.0. The minimum atomic E-state index is -6.13. The van der Waals surface area contributed by atoms with Crippen LogP contribution in [0, 0.1) is 12.8 Å². The van der Waals surface area contributed by atoms with Crippen molar-refractivity contribution in [2.75, 3.05) is 24.0 Å². The lowest BCUT2D eigenvalue weighted by molar-refractivity contribution is -0.376. The summed E-state index contributed by atoms with van der Waals surface area (Å²) in [5.41, 5.74) is -6.44. The third-order valence-electron chi connectivity index (χ3n) is 8.10. The summed E-state index contributed by atoms with van der Waals surface area (Å²) in [4.78, 5) is 26.2. The highest BCUT2D eigenvalue weighted by atomic mass is 32.2. The van der Waals surface area contributed by atoms with E-state index in [0.29, 0.717) is 12.1 Å². The Morgan fingerprint density at radius 1 is 1.00 bits per heavy atom. The molecule has 4 rings (SSSR count). The van der Waals surface area contributed by atoms with Crippen molar-refractivity contribution >= 4 is 27.5 Å². The SMILES string of the molecule is CC(=O)N1C[C@@H](CO)[C@H](NC(=O)C[C@@H]2CCc3cc(C(O)(C(F)(F)F)C(F)(F)F)ccc3N2S(=O)(=O)c2ccc(C)cc2)C1. The quantitative estimate of drug-likeness (QED) is 0.395. The number of carbonyl (C=O) groups is 2. The van der Waals surface area contributed by atoms with Crippen LogP contribution in [0.4, 0.5) is 32.0 Å². The van der Waals surface area contributed by atoms with Gasteiger partial charge in [-0.05, 0) is 43.5 Å². The summed E-state index contributed by atoms with van der Waals surface area (Å²) >= 11 is 0. The number of sulfonamides is 1. The van der Waals surface area contributed by atoms with Gasteiger partial charge in [0.1, 0.15) is 0 Å². The number of hydrogen-bond acceptors (Lipinski definition) is 6. The van der Waals surface area contributed by atoms with Crippen LogP contribution in [0.1, 0.15) is 36.5 Å². The molecule has 242 valence electrons. The Labute approximate surface area is 249 Å². The van der Waals surface area contributed by atoms with Gasteiger partial charge in [0.25, 0.3) is 15.6 Å². The van der Waals surface area contributed by atoms with E-state index < -0.39 is 63.9 Å². The van der Waals surface area contributed by atoms with Gasteiger partial charge in [0, 0.05) is 44.5 Å². The molecule has 0 aliphatic carbocycles. The molecule has 2 amide bonds. The van der Waals surface area contributed by atoms with E-state index in [9.17, 15) is 54.6 Å². The van der Waals surface area contributed by atoms with E-state index in [1.165, 1.54) is 36.1 Å². The highest BCUT2D eigenvalue weighted by Gasteiger charge is 2.71. The van der Waals surface area contributed by atoms with Crippen molar-refractivity contribution in [2.45, 2.75) is 68.0 Å². The number of benzene rings is 2. The molecule has 0 saturated carbocycles. The molecule has 1 saturated heterocycles. The molecule has 0 bridgehead atoms. The molecule has 9 nitrogen and oxygen atoms in total. The van der Waals surface area contributed by atoms with Crippen molar-refractivity contribution in [1.82, 2.24) is 10.2 Å². The number of aliphatic hydroxyl groups excluding tert-OH is 1. The number of nitrogens with zero attached hydrogens (tertiary/aromatic N) is 2. The van der Waals surface area contributed by atoms with E-state index in [1.807, 2.05) is 0 Å². The maximum Gasteiger partial charge on any atom is 0.430 e. The standard InChI is InChI=1S/C28H31F6N3O6S/c1-16-3-8-22(9-4-16)44(42,43)37-21(12-25(40)35-23-14-36(17(2)39)13-19(23)15-38)7-5-18-11-20(6-10-24(18)37)26(41,27(29,30)31)28(32,33)34/h3-4,6,8-11,19,21,23,38,41H,5,7,12-15H2,1-2H3,(H,35,40)/t19-,21-,23+/m0/s1. The molecule has 3 atom stereocenters. The van der Waals surface area contributed by atoms with Crippen LogP contribution in [0.15, 0.2) is 47.4 Å². The number of likely N-dealkylation sites (tertiary alicyclic amines) is 1. The van der Waals surface area contributed by atoms with Crippen molar-refractivity contribution in [3.8, 4) is 0 Å². The maximum absolute atomic E-state index is 13.9. The van der Waals surface area contributed by atoms with Crippen LogP contribution in [0.2, 0.25) is 0 Å². The summed E-state index contributed by atoms with van der Waals surface area (Å²) in [5.74, 6) is -1.36. The smallest absolute Gasteiger partial charge is 0.396 e. The molecular weight excluding hydrogens is 620 g/mol. The molecule has 2 aliphatic rings. The molecule has 2 aromatic rings. The maximum atomic E-state index is 13.9. The van der Waals surface area contributed by atoms with Gasteiger partial charge in [0.05, 0.1) is 22.7 Å². The van der Waals surface area contributed by atoms with Crippen LogP contribution >= 0.6 is 0 Å². The summed E-state index contributed by atoms with van der Waals surface area (Å²) in [5, 5.41) is 22.3. The Morgan fingerprint density at radius 2 is 1.61 bits per heavy atom. The molecule has 2 aliphatic heterocycles. The average molecular weight is 652 g/mol. The summed E-state index contributed by atoms with van der Waals surface area (Å²) in [6.45, 7) is 3.03. The Hall–Kier alpha value is -3.37. The summed E-state index contributed by atoms with van der Waals surface area (Å²) in [6.07, 6.45) is -13.1. The van der Waals surface area contributed by atoms with Gasteiger partial charge in [-0.25, -0.2) is 8.42 Å². The van der Waals surface area contributed by atoms with E-state index in [-0.39, 0.29) is 54.6 Å². The zero-order chi connectivity index (χ0) is 32.8. The molecule has 0 aromatic heterocycles. The topological polar surface area (TPSA) is 127 Å². The van der Waals surface area contributed by atoms with Gasteiger partial charge in [-0.1, -0.05) is 29.8 Å². The molecule has 0 unspecified atom stereocenters. The number of nitrogens with one attached hydrogen (secondary N) is 1. The second kappa shape index (κ2) is 11.9. The molecule has 44 heavy (non-hydrogen) atoms. The molecular formula is C28H31F6N3O6S. The molecule has 2 aromatic carbocycles. The third kappa shape index (κ3) is 6.11. The fraction of sp³-hybridized carbons (Fsp3) is 0.500. The summed E-state index contributed by atoms with van der Waals surface area (Å²) in [7, 11) is -4.50. The van der Waals surface area contributed by atoms with Gasteiger partial charge in [-0.3, -0.25) is 13.9 Å². The fourth-order valence-electron chi connectivity index (χ4n) is 5.64. The highest BCUT2D eigenvalue weighted by molar-refractivity contribution is 7.92. The van der Waals surface area contributed by atoms with Crippen molar-refractivity contribution < 1.29 is 54.6 Å². The minimum Gasteiger partial charge on any atom is -0.396 e. The zero-order valence-electron chi connectivity index (χ0n) is 23.6. The number of halogens is 6. The van der Waals surface area contributed by atoms with Gasteiger partial charge in [0.15, 0.2) is 0 Å². The van der Waals surface area contributed by atoms with Gasteiger partial charge in [-0.2, -0.15) is 26.3 Å². The van der Waals surface area contributed by atoms with Crippen molar-refractivity contribution in [3.05, 3.63) is 59.2 Å². The average Bonchev–Trinajstić information content (AvgIpc) is 3.34. The first-order valence-electron chi connectivity index (χ1n) is 13.6. The van der Waals surface area contributed by atoms with Crippen LogP contribution in [-0.4, -0.2) is 79.5 Å². The molecule has 0 spiro atoms. The number of amides is 2. The second-order valence-electron chi connectivity index (χ2n) is 11.1. The van der Waals surface area contributed by atoms with Crippen LogP contribution in [0.25, 0.3) is 0 Å². The number of carbonyl (C=O) groups excluding carboxylic acids is 2. The van der Waals surface area contributed by atoms with Gasteiger partial charge >= 0.3 is 12.4 Å². The van der Waals surface area contributed by atoms with Gasteiger partial charge < -0.3 is 20.4 Å². The van der Waals surface area contributed by atoms with E-state index in [2.05, 4.69) is 5.32 Å². The second-order valence-corrected chi connectivity index (χ2v) is 12.9. The predicted molar refractivity (Wildman–Crippen MR) is 145 cm³/mol. The van der Waals surface area contributed by atoms with Crippen LogP contribution in [-0.2, 0) is 31.6 Å². The van der Waals surface area contributed by atoms with E-state index in [0.717, 1.165) is 15.9 Å². The largest absolute Gasteiger partial charge is 0.430 e. The third-order valence-corrected chi connectivity index (χ3v) is 9.98. The normalized spacial score (nSPS) is 21.3. The Kier molecular flexibility index (Phi) is 9.03. The number of anilines is 1. The predicted octanol–water partition coefficient (Wildman–Crippen LogP) is 3.16. The van der Waals surface area contributed by atoms with Crippen LogP contribution in [0.5, 0.6) is 0 Å². The Balaban J connectivity index is 1.73. The number of hydrogen-bond donors (Lipinski definition) is 3. The van der Waals surface area contributed by atoms with E-state index in [4.69, 9.17) is 0 Å². The van der Waals surface area contributed by atoms with E-state index in [1.54, 1.807) is 6.92 Å². The number of fused-ring (bicyclic) bond motifs is 1. The Morgan fingerprint density at radius 3 is 2.16 bits per heavy atom. The first-order chi connectivity index (χ1) is 20.3. The molecule has 1 fully saturated rings. The molecule has 2 heterocycles. The zero-order valence-corrected chi connectivity index (χ0v) is 24.4. The van der Waals surface area contributed by atoms with Crippen LogP contribution < -0.4 is 9.62 Å². The highest BCUT2D eigenvalue weighted by Crippen LogP contribution is 2.51. The van der Waals surface area contributed by atoms with Crippen molar-refractivity contribution in [1.29, 1.82) is 0 Å². The fourth-order valence-corrected chi connectivity index (χ4v) is 7.36. The minimum absolute atomic E-state index is 0.120. The first kappa shape index (κ1) is 33.5. The molecule has 0 radical (unpaired) electrons. The lowest BCUT2D eigenvalue weighted by Crippen LogP contribution is -2.54. The monoisotopic (exact) mass is 651 g/mol. The van der Waals surface area contributed by atoms with E-state index >= 15 is 0 Å². The van der Waals surface area contributed by atoms with Crippen molar-refractivity contribution in [2.24, 2.45) is 5.92 Å². The lowest BCUT2D eigenvalue weighted by Gasteiger charge is -2.39. The number of aliphatic hydroxyl groups is 2. The van der Waals surface area contributed by atoms with Crippen molar-refractivity contribution in [3.63, 3.8) is 0 Å². The summed E-state index contributed by atoms with van der Waals surface area (Å²) < 4.78 is 110.